The lowest BCUT2D eigenvalue weighted by molar-refractivity contribution is -0.149. The Morgan fingerprint density at radius 2 is 1.81 bits per heavy atom. The van der Waals surface area contributed by atoms with Crippen molar-refractivity contribution in [3.63, 3.8) is 0 Å². The zero-order chi connectivity index (χ0) is 19.6. The van der Waals surface area contributed by atoms with Gasteiger partial charge in [-0.1, -0.05) is 25.5 Å². The summed E-state index contributed by atoms with van der Waals surface area (Å²) in [7, 11) is 1.50. The lowest BCUT2D eigenvalue weighted by Crippen LogP contribution is -2.53. The summed E-state index contributed by atoms with van der Waals surface area (Å²) in [5.74, 6) is 2.84. The molecule has 0 aromatic heterocycles. The van der Waals surface area contributed by atoms with Gasteiger partial charge in [-0.3, -0.25) is 4.79 Å². The maximum atomic E-state index is 12.3. The average molecular weight is 375 g/mol. The van der Waals surface area contributed by atoms with Crippen LogP contribution < -0.4 is 0 Å². The Morgan fingerprint density at radius 1 is 1.11 bits per heavy atom. The van der Waals surface area contributed by atoms with E-state index in [2.05, 4.69) is 19.9 Å². The number of esters is 1. The molecule has 0 radical (unpaired) electrons. The number of allylic oxidation sites excluding steroid dienone is 1. The fourth-order valence-electron chi connectivity index (χ4n) is 7.75. The highest BCUT2D eigenvalue weighted by Crippen LogP contribution is 2.66. The summed E-state index contributed by atoms with van der Waals surface area (Å²) in [5.41, 5.74) is 1.29. The molecule has 0 heterocycles. The SMILES string of the molecule is COC(=O)C(C)(C)C1=CC[C@@]2(C)[C@@H](CC[C@@H]3[C@H]2CC[C@@]2(C)[C@@H]3CC[C@@H]2O)C1. The quantitative estimate of drug-likeness (QED) is 0.539. The number of carbonyl (C=O) groups excluding carboxylic acids is 1. The third-order valence-corrected chi connectivity index (χ3v) is 9.77. The van der Waals surface area contributed by atoms with Gasteiger partial charge in [-0.15, -0.1) is 0 Å². The summed E-state index contributed by atoms with van der Waals surface area (Å²) in [6, 6.07) is 0. The first-order valence-electron chi connectivity index (χ1n) is 11.1. The van der Waals surface area contributed by atoms with Crippen molar-refractivity contribution >= 4 is 5.97 Å². The van der Waals surface area contributed by atoms with Gasteiger partial charge >= 0.3 is 5.97 Å². The van der Waals surface area contributed by atoms with Crippen LogP contribution in [0.15, 0.2) is 11.6 Å². The maximum Gasteiger partial charge on any atom is 0.315 e. The van der Waals surface area contributed by atoms with Crippen LogP contribution in [0.1, 0.15) is 79.1 Å². The van der Waals surface area contributed by atoms with Crippen LogP contribution >= 0.6 is 0 Å². The molecule has 0 amide bonds. The number of methoxy groups -OCH3 is 1. The van der Waals surface area contributed by atoms with Crippen molar-refractivity contribution < 1.29 is 14.6 Å². The third-order valence-electron chi connectivity index (χ3n) is 9.77. The number of hydrogen-bond acceptors (Lipinski definition) is 3. The molecule has 7 atom stereocenters. The number of carbonyl (C=O) groups is 1. The molecule has 4 aliphatic rings. The van der Waals surface area contributed by atoms with Crippen LogP contribution in [0.3, 0.4) is 0 Å². The van der Waals surface area contributed by atoms with Gasteiger partial charge in [-0.25, -0.2) is 0 Å². The first-order valence-corrected chi connectivity index (χ1v) is 11.1. The predicted molar refractivity (Wildman–Crippen MR) is 107 cm³/mol. The zero-order valence-corrected chi connectivity index (χ0v) is 17.9. The zero-order valence-electron chi connectivity index (χ0n) is 17.9. The smallest absolute Gasteiger partial charge is 0.315 e. The predicted octanol–water partition coefficient (Wildman–Crippen LogP) is 5.13. The molecule has 0 aliphatic heterocycles. The first kappa shape index (κ1) is 19.5. The van der Waals surface area contributed by atoms with Crippen LogP contribution in [0, 0.1) is 39.9 Å². The van der Waals surface area contributed by atoms with Crippen LogP contribution in [0.5, 0.6) is 0 Å². The van der Waals surface area contributed by atoms with Gasteiger partial charge in [-0.05, 0) is 99.7 Å². The first-order chi connectivity index (χ1) is 12.6. The number of ether oxygens (including phenoxy) is 1. The van der Waals surface area contributed by atoms with Gasteiger partial charge in [0, 0.05) is 0 Å². The molecule has 0 unspecified atom stereocenters. The fourth-order valence-corrected chi connectivity index (χ4v) is 7.75. The number of fused-ring (bicyclic) bond motifs is 5. The van der Waals surface area contributed by atoms with Crippen molar-refractivity contribution in [1.82, 2.24) is 0 Å². The molecule has 0 spiro atoms. The van der Waals surface area contributed by atoms with Crippen molar-refractivity contribution in [3.05, 3.63) is 11.6 Å². The van der Waals surface area contributed by atoms with Gasteiger partial charge in [0.15, 0.2) is 0 Å². The summed E-state index contributed by atoms with van der Waals surface area (Å²) in [6.07, 6.45) is 11.7. The van der Waals surface area contributed by atoms with Gasteiger partial charge in [-0.2, -0.15) is 0 Å². The molecule has 3 nitrogen and oxygen atoms in total. The van der Waals surface area contributed by atoms with E-state index < -0.39 is 5.41 Å². The van der Waals surface area contributed by atoms with Crippen molar-refractivity contribution in [2.45, 2.75) is 85.2 Å². The van der Waals surface area contributed by atoms with E-state index in [-0.39, 0.29) is 17.5 Å². The topological polar surface area (TPSA) is 46.5 Å². The normalized spacial score (nSPS) is 46.7. The minimum atomic E-state index is -0.506. The van der Waals surface area contributed by atoms with Gasteiger partial charge in [0.25, 0.3) is 0 Å². The van der Waals surface area contributed by atoms with E-state index >= 15 is 0 Å². The molecule has 3 fully saturated rings. The van der Waals surface area contributed by atoms with E-state index in [1.165, 1.54) is 44.8 Å². The monoisotopic (exact) mass is 374 g/mol. The van der Waals surface area contributed by atoms with Crippen LogP contribution in [0.4, 0.5) is 0 Å². The molecule has 3 heteroatoms. The second-order valence-corrected chi connectivity index (χ2v) is 11.0. The maximum absolute atomic E-state index is 12.3. The van der Waals surface area contributed by atoms with Crippen LogP contribution in [-0.2, 0) is 9.53 Å². The molecule has 4 rings (SSSR count). The summed E-state index contributed by atoms with van der Waals surface area (Å²) >= 11 is 0. The van der Waals surface area contributed by atoms with Crippen LogP contribution in [0.25, 0.3) is 0 Å². The van der Waals surface area contributed by atoms with E-state index in [9.17, 15) is 9.90 Å². The minimum absolute atomic E-state index is 0.0901. The summed E-state index contributed by atoms with van der Waals surface area (Å²) in [6.45, 7) is 8.93. The Morgan fingerprint density at radius 3 is 2.52 bits per heavy atom. The molecule has 0 aromatic rings. The highest BCUT2D eigenvalue weighted by atomic mass is 16.5. The van der Waals surface area contributed by atoms with E-state index in [0.717, 1.165) is 31.1 Å². The number of aliphatic hydroxyl groups excluding tert-OH is 1. The fraction of sp³-hybridized carbons (Fsp3) is 0.875. The molecule has 27 heavy (non-hydrogen) atoms. The molecule has 3 saturated carbocycles. The van der Waals surface area contributed by atoms with E-state index in [0.29, 0.717) is 17.3 Å². The van der Waals surface area contributed by atoms with E-state index in [4.69, 9.17) is 4.74 Å². The standard InChI is InChI=1S/C24H38O3/c1-22(2,21(26)27-5)15-10-12-23(3)16(14-15)6-7-17-18-8-9-20(25)24(18,4)13-11-19(17)23/h10,16-20,25H,6-9,11-14H2,1-5H3/t16-,17-,18+,19+,20-,23-,24-/m0/s1. The highest BCUT2D eigenvalue weighted by molar-refractivity contribution is 5.79. The van der Waals surface area contributed by atoms with Crippen molar-refractivity contribution in [2.24, 2.45) is 39.9 Å². The van der Waals surface area contributed by atoms with Gasteiger partial charge in [0.2, 0.25) is 0 Å². The largest absolute Gasteiger partial charge is 0.468 e. The molecular weight excluding hydrogens is 336 g/mol. The molecule has 152 valence electrons. The van der Waals surface area contributed by atoms with E-state index in [1.807, 2.05) is 13.8 Å². The lowest BCUT2D eigenvalue weighted by Gasteiger charge is -2.60. The molecule has 0 aromatic carbocycles. The Labute approximate surface area is 164 Å². The average Bonchev–Trinajstić information content (AvgIpc) is 2.95. The summed E-state index contributed by atoms with van der Waals surface area (Å²) in [5, 5.41) is 10.6. The molecular formula is C24H38O3. The summed E-state index contributed by atoms with van der Waals surface area (Å²) < 4.78 is 5.08. The molecule has 4 aliphatic carbocycles. The van der Waals surface area contributed by atoms with E-state index in [1.54, 1.807) is 0 Å². The Kier molecular flexibility index (Phi) is 4.57. The number of rotatable bonds is 2. The van der Waals surface area contributed by atoms with Gasteiger partial charge < -0.3 is 9.84 Å². The van der Waals surface area contributed by atoms with Crippen LogP contribution in [-0.4, -0.2) is 24.3 Å². The Hall–Kier alpha value is -0.830. The molecule has 1 N–H and O–H groups in total. The third kappa shape index (κ3) is 2.67. The Balaban J connectivity index is 1.59. The second-order valence-electron chi connectivity index (χ2n) is 11.0. The number of aliphatic hydroxyl groups is 1. The molecule has 0 saturated heterocycles. The van der Waals surface area contributed by atoms with Crippen molar-refractivity contribution in [3.8, 4) is 0 Å². The highest BCUT2D eigenvalue weighted by Gasteiger charge is 2.59. The Bertz CT molecular complexity index is 650. The van der Waals surface area contributed by atoms with Crippen molar-refractivity contribution in [2.75, 3.05) is 7.11 Å². The number of hydrogen-bond donors (Lipinski definition) is 1. The van der Waals surface area contributed by atoms with Gasteiger partial charge in [0.1, 0.15) is 0 Å². The summed E-state index contributed by atoms with van der Waals surface area (Å²) in [4.78, 5) is 12.3. The minimum Gasteiger partial charge on any atom is -0.468 e. The van der Waals surface area contributed by atoms with Gasteiger partial charge in [0.05, 0.1) is 18.6 Å². The second kappa shape index (κ2) is 6.34. The lowest BCUT2D eigenvalue weighted by atomic mass is 9.45. The van der Waals surface area contributed by atoms with Crippen molar-refractivity contribution in [1.29, 1.82) is 0 Å². The van der Waals surface area contributed by atoms with Crippen LogP contribution in [0.2, 0.25) is 0 Å². The molecule has 0 bridgehead atoms.